The highest BCUT2D eigenvalue weighted by molar-refractivity contribution is 7.21. The molecular weight excluding hydrogens is 446 g/mol. The van der Waals surface area contributed by atoms with E-state index in [4.69, 9.17) is 9.72 Å². The predicted molar refractivity (Wildman–Crippen MR) is 127 cm³/mol. The number of aryl methyl sites for hydroxylation is 1. The fourth-order valence-electron chi connectivity index (χ4n) is 4.35. The molecule has 8 nitrogen and oxygen atoms in total. The van der Waals surface area contributed by atoms with E-state index in [-0.39, 0.29) is 12.0 Å². The van der Waals surface area contributed by atoms with Gasteiger partial charge in [-0.25, -0.2) is 19.6 Å². The Labute approximate surface area is 194 Å². The van der Waals surface area contributed by atoms with Crippen LogP contribution in [0.2, 0.25) is 0 Å². The lowest BCUT2D eigenvalue weighted by atomic mass is 9.95. The Balaban J connectivity index is 1.29. The Morgan fingerprint density at radius 2 is 1.97 bits per heavy atom. The molecule has 0 aromatic carbocycles. The van der Waals surface area contributed by atoms with Crippen molar-refractivity contribution in [2.75, 3.05) is 43.5 Å². The van der Waals surface area contributed by atoms with Crippen LogP contribution in [0.3, 0.4) is 0 Å². The lowest BCUT2D eigenvalue weighted by Crippen LogP contribution is -2.38. The van der Waals surface area contributed by atoms with Crippen molar-refractivity contribution in [3.05, 3.63) is 34.3 Å². The monoisotopic (exact) mass is 471 g/mol. The van der Waals surface area contributed by atoms with Crippen LogP contribution in [0.4, 0.5) is 14.9 Å². The van der Waals surface area contributed by atoms with E-state index in [1.807, 2.05) is 17.0 Å². The lowest BCUT2D eigenvalue weighted by Gasteiger charge is -2.22. The zero-order valence-electron chi connectivity index (χ0n) is 17.9. The quantitative estimate of drug-likeness (QED) is 0.577. The number of amides is 2. The fourth-order valence-corrected chi connectivity index (χ4v) is 6.58. The second-order valence-electron chi connectivity index (χ2n) is 7.99. The first-order valence-corrected chi connectivity index (χ1v) is 12.5. The first-order chi connectivity index (χ1) is 15.6. The molecule has 0 saturated carbocycles. The number of carbonyl (C=O) groups is 2. The van der Waals surface area contributed by atoms with Gasteiger partial charge in [0, 0.05) is 37.3 Å². The first kappa shape index (κ1) is 21.1. The Morgan fingerprint density at radius 3 is 2.81 bits per heavy atom. The zero-order chi connectivity index (χ0) is 22.1. The molecular formula is C22H25N5O3S2. The number of methoxy groups -OCH3 is 1. The summed E-state index contributed by atoms with van der Waals surface area (Å²) in [5.41, 5.74) is 2.50. The van der Waals surface area contributed by atoms with Gasteiger partial charge < -0.3 is 14.5 Å². The van der Waals surface area contributed by atoms with Crippen molar-refractivity contribution in [1.82, 2.24) is 14.9 Å². The molecule has 1 N–H and O–H groups in total. The van der Waals surface area contributed by atoms with Crippen LogP contribution >= 0.6 is 22.7 Å². The van der Waals surface area contributed by atoms with Crippen molar-refractivity contribution in [3.8, 4) is 0 Å². The molecule has 1 aliphatic carbocycles. The second kappa shape index (κ2) is 9.03. The predicted octanol–water partition coefficient (Wildman–Crippen LogP) is 4.16. The SMILES string of the molecule is COC(=O)c1c(NC(=O)N2CCCN(c3nc4cccnc4s3)CC2)sc2c1CCCC2. The van der Waals surface area contributed by atoms with Gasteiger partial charge in [0.05, 0.1) is 12.7 Å². The summed E-state index contributed by atoms with van der Waals surface area (Å²) in [6, 6.07) is 3.70. The lowest BCUT2D eigenvalue weighted by molar-refractivity contribution is 0.0601. The second-order valence-corrected chi connectivity index (χ2v) is 10.0. The van der Waals surface area contributed by atoms with Gasteiger partial charge in [0.2, 0.25) is 0 Å². The number of thiazole rings is 1. The van der Waals surface area contributed by atoms with Gasteiger partial charge in [-0.3, -0.25) is 5.32 Å². The number of aromatic nitrogens is 2. The number of nitrogens with zero attached hydrogens (tertiary/aromatic N) is 4. The molecule has 10 heteroatoms. The maximum Gasteiger partial charge on any atom is 0.341 e. The number of hydrogen-bond donors (Lipinski definition) is 1. The number of carbonyl (C=O) groups excluding carboxylic acids is 2. The van der Waals surface area contributed by atoms with Crippen molar-refractivity contribution >= 4 is 55.2 Å². The summed E-state index contributed by atoms with van der Waals surface area (Å²) in [7, 11) is 1.39. The van der Waals surface area contributed by atoms with Crippen LogP contribution in [0.5, 0.6) is 0 Å². The van der Waals surface area contributed by atoms with Crippen molar-refractivity contribution in [1.29, 1.82) is 0 Å². The van der Waals surface area contributed by atoms with E-state index in [1.165, 1.54) is 23.3 Å². The fraction of sp³-hybridized carbons (Fsp3) is 0.455. The third kappa shape index (κ3) is 4.04. The zero-order valence-corrected chi connectivity index (χ0v) is 19.6. The van der Waals surface area contributed by atoms with Gasteiger partial charge in [-0.1, -0.05) is 11.3 Å². The molecule has 32 heavy (non-hydrogen) atoms. The summed E-state index contributed by atoms with van der Waals surface area (Å²) in [6.07, 6.45) is 6.62. The van der Waals surface area contributed by atoms with Gasteiger partial charge in [-0.05, 0) is 49.8 Å². The molecule has 5 rings (SSSR count). The van der Waals surface area contributed by atoms with Crippen molar-refractivity contribution < 1.29 is 14.3 Å². The number of fused-ring (bicyclic) bond motifs is 2. The molecule has 0 spiro atoms. The van der Waals surface area contributed by atoms with E-state index in [2.05, 4.69) is 15.2 Å². The molecule has 1 aliphatic heterocycles. The first-order valence-electron chi connectivity index (χ1n) is 10.9. The molecule has 0 unspecified atom stereocenters. The molecule has 4 heterocycles. The maximum absolute atomic E-state index is 13.1. The Kier molecular flexibility index (Phi) is 5.97. The Morgan fingerprint density at radius 1 is 1.09 bits per heavy atom. The summed E-state index contributed by atoms with van der Waals surface area (Å²) in [5.74, 6) is -0.369. The summed E-state index contributed by atoms with van der Waals surface area (Å²) in [5, 5.41) is 4.58. The minimum atomic E-state index is -0.369. The molecule has 0 bridgehead atoms. The summed E-state index contributed by atoms with van der Waals surface area (Å²) in [4.78, 5) is 40.8. The molecule has 2 aliphatic rings. The van der Waals surface area contributed by atoms with Crippen LogP contribution in [0, 0.1) is 0 Å². The van der Waals surface area contributed by atoms with E-state index >= 15 is 0 Å². The molecule has 168 valence electrons. The number of nitrogens with one attached hydrogen (secondary N) is 1. The maximum atomic E-state index is 13.1. The van der Waals surface area contributed by atoms with Gasteiger partial charge >= 0.3 is 12.0 Å². The number of urea groups is 1. The number of thiophene rings is 1. The number of anilines is 2. The third-order valence-electron chi connectivity index (χ3n) is 5.99. The highest BCUT2D eigenvalue weighted by Gasteiger charge is 2.28. The molecule has 3 aromatic rings. The van der Waals surface area contributed by atoms with Crippen LogP contribution in [0.15, 0.2) is 18.3 Å². The average Bonchev–Trinajstić information content (AvgIpc) is 3.30. The normalized spacial score (nSPS) is 16.5. The van der Waals surface area contributed by atoms with Crippen LogP contribution in [0.25, 0.3) is 10.3 Å². The Bertz CT molecular complexity index is 1120. The number of ether oxygens (including phenoxy) is 1. The standard InChI is InChI=1S/C22H25N5O3S2/c1-30-20(28)17-14-6-2-3-8-16(14)31-19(17)25-21(29)26-10-5-11-27(13-12-26)22-24-15-7-4-9-23-18(15)32-22/h4,7,9H,2-3,5-6,8,10-13H2,1H3,(H,25,29). The number of hydrogen-bond acceptors (Lipinski definition) is 8. The topological polar surface area (TPSA) is 87.7 Å². The molecule has 2 amide bonds. The largest absolute Gasteiger partial charge is 0.465 e. The van der Waals surface area contributed by atoms with E-state index in [0.29, 0.717) is 30.2 Å². The molecule has 3 aromatic heterocycles. The molecule has 0 radical (unpaired) electrons. The summed E-state index contributed by atoms with van der Waals surface area (Å²) >= 11 is 3.10. The number of esters is 1. The van der Waals surface area contributed by atoms with E-state index in [1.54, 1.807) is 17.5 Å². The van der Waals surface area contributed by atoms with E-state index < -0.39 is 0 Å². The van der Waals surface area contributed by atoms with Crippen LogP contribution in [-0.4, -0.2) is 60.2 Å². The van der Waals surface area contributed by atoms with E-state index in [0.717, 1.165) is 59.7 Å². The van der Waals surface area contributed by atoms with Crippen LogP contribution in [-0.2, 0) is 17.6 Å². The number of rotatable bonds is 3. The van der Waals surface area contributed by atoms with E-state index in [9.17, 15) is 9.59 Å². The van der Waals surface area contributed by atoms with Gasteiger partial charge in [0.15, 0.2) is 5.13 Å². The van der Waals surface area contributed by atoms with Gasteiger partial charge in [-0.2, -0.15) is 0 Å². The van der Waals surface area contributed by atoms with Gasteiger partial charge in [0.25, 0.3) is 0 Å². The molecule has 0 atom stereocenters. The summed E-state index contributed by atoms with van der Waals surface area (Å²) in [6.45, 7) is 2.79. The van der Waals surface area contributed by atoms with Gasteiger partial charge in [0.1, 0.15) is 15.3 Å². The van der Waals surface area contributed by atoms with Crippen molar-refractivity contribution in [2.24, 2.45) is 0 Å². The van der Waals surface area contributed by atoms with Crippen molar-refractivity contribution in [3.63, 3.8) is 0 Å². The molecule has 1 saturated heterocycles. The van der Waals surface area contributed by atoms with Gasteiger partial charge in [-0.15, -0.1) is 11.3 Å². The Hall–Kier alpha value is -2.72. The smallest absolute Gasteiger partial charge is 0.341 e. The molecule has 1 fully saturated rings. The minimum absolute atomic E-state index is 0.165. The average molecular weight is 472 g/mol. The minimum Gasteiger partial charge on any atom is -0.465 e. The third-order valence-corrected chi connectivity index (χ3v) is 8.24. The summed E-state index contributed by atoms with van der Waals surface area (Å²) < 4.78 is 5.02. The highest BCUT2D eigenvalue weighted by Crippen LogP contribution is 2.38. The number of pyridine rings is 1. The van der Waals surface area contributed by atoms with Crippen molar-refractivity contribution in [2.45, 2.75) is 32.1 Å². The highest BCUT2D eigenvalue weighted by atomic mass is 32.1. The van der Waals surface area contributed by atoms with Crippen LogP contribution in [0.1, 0.15) is 40.1 Å². The van der Waals surface area contributed by atoms with Crippen LogP contribution < -0.4 is 10.2 Å².